The number of amides is 4. The van der Waals surface area contributed by atoms with Gasteiger partial charge >= 0.3 is 12.1 Å². The third kappa shape index (κ3) is 7.42. The highest BCUT2D eigenvalue weighted by atomic mass is 16.2. The molecule has 2 N–H and O–H groups in total. The minimum absolute atomic E-state index is 0.0968. The summed E-state index contributed by atoms with van der Waals surface area (Å²) in [5, 5.41) is 6.08. The number of urea groups is 2. The summed E-state index contributed by atoms with van der Waals surface area (Å²) in [6.07, 6.45) is 8.90. The molecule has 2 rings (SSSR count). The van der Waals surface area contributed by atoms with E-state index in [-0.39, 0.29) is 12.1 Å². The summed E-state index contributed by atoms with van der Waals surface area (Å²) in [6.45, 7) is 9.50. The average molecular weight is 367 g/mol. The highest BCUT2D eigenvalue weighted by Crippen LogP contribution is 2.16. The van der Waals surface area contributed by atoms with Crippen molar-refractivity contribution >= 4 is 12.1 Å². The van der Waals surface area contributed by atoms with E-state index in [1.54, 1.807) is 0 Å². The van der Waals surface area contributed by atoms with Crippen molar-refractivity contribution in [1.29, 1.82) is 0 Å². The third-order valence-electron chi connectivity index (χ3n) is 5.54. The molecule has 0 aromatic carbocycles. The maximum Gasteiger partial charge on any atom is 0.317 e. The first-order chi connectivity index (χ1) is 12.6. The van der Waals surface area contributed by atoms with Gasteiger partial charge in [0.05, 0.1) is 0 Å². The second-order valence-electron chi connectivity index (χ2n) is 8.26. The smallest absolute Gasteiger partial charge is 0.317 e. The van der Waals surface area contributed by atoms with Gasteiger partial charge in [0.1, 0.15) is 0 Å². The Bertz CT molecular complexity index is 404. The molecule has 2 heterocycles. The molecule has 0 aromatic heterocycles. The van der Waals surface area contributed by atoms with Gasteiger partial charge in [-0.15, -0.1) is 0 Å². The second kappa shape index (κ2) is 11.3. The van der Waals surface area contributed by atoms with Crippen LogP contribution in [0.15, 0.2) is 0 Å². The van der Waals surface area contributed by atoms with Crippen molar-refractivity contribution in [2.75, 3.05) is 39.3 Å². The maximum atomic E-state index is 12.1. The fourth-order valence-corrected chi connectivity index (χ4v) is 3.97. The van der Waals surface area contributed by atoms with Crippen LogP contribution in [0.4, 0.5) is 9.59 Å². The number of carbonyl (C=O) groups is 2. The topological polar surface area (TPSA) is 64.7 Å². The van der Waals surface area contributed by atoms with Gasteiger partial charge in [0.25, 0.3) is 0 Å². The van der Waals surface area contributed by atoms with Gasteiger partial charge in [-0.3, -0.25) is 0 Å². The Hall–Kier alpha value is -1.46. The normalized spacial score (nSPS) is 23.6. The minimum atomic E-state index is 0.0968. The van der Waals surface area contributed by atoms with E-state index in [0.29, 0.717) is 11.8 Å². The van der Waals surface area contributed by atoms with Crippen LogP contribution in [0.1, 0.15) is 65.2 Å². The largest absolute Gasteiger partial charge is 0.338 e. The first-order valence-electron chi connectivity index (χ1n) is 10.6. The van der Waals surface area contributed by atoms with E-state index in [1.165, 1.54) is 12.8 Å². The number of rotatable bonds is 7. The van der Waals surface area contributed by atoms with Crippen molar-refractivity contribution in [1.82, 2.24) is 20.4 Å². The summed E-state index contributed by atoms with van der Waals surface area (Å²) in [4.78, 5) is 28.1. The molecule has 0 radical (unpaired) electrons. The Balaban J connectivity index is 1.43. The van der Waals surface area contributed by atoms with Crippen LogP contribution in [0.25, 0.3) is 0 Å². The van der Waals surface area contributed by atoms with E-state index in [0.717, 1.165) is 77.8 Å². The third-order valence-corrected chi connectivity index (χ3v) is 5.54. The molecule has 2 aliphatic rings. The quantitative estimate of drug-likeness (QED) is 0.678. The van der Waals surface area contributed by atoms with Gasteiger partial charge in [0.2, 0.25) is 0 Å². The average Bonchev–Trinajstić information content (AvgIpc) is 2.63. The Morgan fingerprint density at radius 3 is 1.58 bits per heavy atom. The standard InChI is InChI=1S/C20H38N4O2/c1-17-9-7-13-23(15-17)19(25)21-11-5-3-4-6-12-22-20(26)24-14-8-10-18(2)16-24/h17-18H,3-16H2,1-2H3,(H,21,25)(H,22,26)/t17-,18+. The van der Waals surface area contributed by atoms with Crippen LogP contribution in [0.5, 0.6) is 0 Å². The maximum absolute atomic E-state index is 12.1. The van der Waals surface area contributed by atoms with Crippen molar-refractivity contribution in [3.63, 3.8) is 0 Å². The summed E-state index contributed by atoms with van der Waals surface area (Å²) in [7, 11) is 0. The van der Waals surface area contributed by atoms with E-state index < -0.39 is 0 Å². The molecule has 150 valence electrons. The highest BCUT2D eigenvalue weighted by molar-refractivity contribution is 5.74. The summed E-state index contributed by atoms with van der Waals surface area (Å²) in [5.41, 5.74) is 0. The number of carbonyl (C=O) groups excluding carboxylic acids is 2. The van der Waals surface area contributed by atoms with E-state index >= 15 is 0 Å². The van der Waals surface area contributed by atoms with Gasteiger partial charge in [-0.25, -0.2) is 9.59 Å². The molecule has 0 saturated carbocycles. The molecule has 4 amide bonds. The SMILES string of the molecule is C[C@@H]1CCCN(C(=O)NCCCCCCNC(=O)N2CCC[C@H](C)C2)C1. The van der Waals surface area contributed by atoms with E-state index in [1.807, 2.05) is 9.80 Å². The van der Waals surface area contributed by atoms with Crippen LogP contribution in [-0.2, 0) is 0 Å². The van der Waals surface area contributed by atoms with Gasteiger partial charge in [0.15, 0.2) is 0 Å². The Labute approximate surface area is 159 Å². The number of unbranched alkanes of at least 4 members (excludes halogenated alkanes) is 3. The van der Waals surface area contributed by atoms with Crippen LogP contribution in [0, 0.1) is 11.8 Å². The first-order valence-corrected chi connectivity index (χ1v) is 10.6. The van der Waals surface area contributed by atoms with Crippen LogP contribution < -0.4 is 10.6 Å². The van der Waals surface area contributed by atoms with Gasteiger partial charge in [-0.05, 0) is 50.4 Å². The second-order valence-corrected chi connectivity index (χ2v) is 8.26. The van der Waals surface area contributed by atoms with E-state index in [2.05, 4.69) is 24.5 Å². The van der Waals surface area contributed by atoms with Crippen LogP contribution >= 0.6 is 0 Å². The van der Waals surface area contributed by atoms with Crippen molar-refractivity contribution in [2.24, 2.45) is 11.8 Å². The molecule has 2 atom stereocenters. The fraction of sp³-hybridized carbons (Fsp3) is 0.900. The number of nitrogens with zero attached hydrogens (tertiary/aromatic N) is 2. The zero-order valence-electron chi connectivity index (χ0n) is 16.8. The van der Waals surface area contributed by atoms with Gasteiger partial charge in [-0.1, -0.05) is 26.7 Å². The monoisotopic (exact) mass is 366 g/mol. The van der Waals surface area contributed by atoms with Gasteiger partial charge < -0.3 is 20.4 Å². The molecule has 0 aliphatic carbocycles. The molecule has 6 nitrogen and oxygen atoms in total. The summed E-state index contributed by atoms with van der Waals surface area (Å²) >= 11 is 0. The molecule has 2 fully saturated rings. The lowest BCUT2D eigenvalue weighted by Gasteiger charge is -2.31. The number of piperidine rings is 2. The predicted molar refractivity (Wildman–Crippen MR) is 105 cm³/mol. The number of nitrogens with one attached hydrogen (secondary N) is 2. The molecule has 26 heavy (non-hydrogen) atoms. The fourth-order valence-electron chi connectivity index (χ4n) is 3.97. The molecule has 6 heteroatoms. The van der Waals surface area contributed by atoms with E-state index in [9.17, 15) is 9.59 Å². The molecule has 2 aliphatic heterocycles. The summed E-state index contributed by atoms with van der Waals surface area (Å²) < 4.78 is 0. The van der Waals surface area contributed by atoms with Crippen LogP contribution in [0.3, 0.4) is 0 Å². The van der Waals surface area contributed by atoms with Crippen molar-refractivity contribution in [3.05, 3.63) is 0 Å². The molecule has 0 spiro atoms. The lowest BCUT2D eigenvalue weighted by atomic mass is 10.0. The Morgan fingerprint density at radius 2 is 1.19 bits per heavy atom. The molecule has 0 aromatic rings. The number of hydrogen-bond acceptors (Lipinski definition) is 2. The summed E-state index contributed by atoms with van der Waals surface area (Å²) in [6, 6.07) is 0.194. The van der Waals surface area contributed by atoms with Crippen molar-refractivity contribution in [2.45, 2.75) is 65.2 Å². The minimum Gasteiger partial charge on any atom is -0.338 e. The van der Waals surface area contributed by atoms with Gasteiger partial charge in [0, 0.05) is 39.3 Å². The first kappa shape index (κ1) is 20.8. The van der Waals surface area contributed by atoms with Crippen molar-refractivity contribution in [3.8, 4) is 0 Å². The summed E-state index contributed by atoms with van der Waals surface area (Å²) in [5.74, 6) is 1.25. The van der Waals surface area contributed by atoms with Crippen molar-refractivity contribution < 1.29 is 9.59 Å². The van der Waals surface area contributed by atoms with Crippen LogP contribution in [0.2, 0.25) is 0 Å². The number of hydrogen-bond donors (Lipinski definition) is 2. The van der Waals surface area contributed by atoms with Gasteiger partial charge in [-0.2, -0.15) is 0 Å². The molecule has 0 bridgehead atoms. The lowest BCUT2D eigenvalue weighted by molar-refractivity contribution is 0.169. The lowest BCUT2D eigenvalue weighted by Crippen LogP contribution is -2.45. The Kier molecular flexibility index (Phi) is 9.06. The number of likely N-dealkylation sites (tertiary alicyclic amines) is 2. The molecule has 2 saturated heterocycles. The predicted octanol–water partition coefficient (Wildman–Crippen LogP) is 3.43. The molecular formula is C20H38N4O2. The van der Waals surface area contributed by atoms with E-state index in [4.69, 9.17) is 0 Å². The molecule has 0 unspecified atom stereocenters. The zero-order chi connectivity index (χ0) is 18.8. The zero-order valence-corrected chi connectivity index (χ0v) is 16.8. The Morgan fingerprint density at radius 1 is 0.769 bits per heavy atom. The highest BCUT2D eigenvalue weighted by Gasteiger charge is 2.21. The van der Waals surface area contributed by atoms with Crippen LogP contribution in [-0.4, -0.2) is 61.1 Å². The molecular weight excluding hydrogens is 328 g/mol.